The molecule has 0 spiro atoms. The molecule has 5 heteroatoms. The summed E-state index contributed by atoms with van der Waals surface area (Å²) in [7, 11) is 1.67. The number of nitrogens with zero attached hydrogens (tertiary/aromatic N) is 1. The second-order valence-corrected chi connectivity index (χ2v) is 8.99. The summed E-state index contributed by atoms with van der Waals surface area (Å²) in [6.07, 6.45) is 9.85. The molecule has 140 valence electrons. The Morgan fingerprint density at radius 2 is 1.76 bits per heavy atom. The highest BCUT2D eigenvalue weighted by Gasteiger charge is 2.56. The van der Waals surface area contributed by atoms with Gasteiger partial charge in [0, 0.05) is 26.8 Å². The normalized spacial score (nSPS) is 39.0. The first-order valence-electron chi connectivity index (χ1n) is 10.2. The molecular weight excluding hydrogens is 316 g/mol. The van der Waals surface area contributed by atoms with Crippen LogP contribution in [-0.4, -0.2) is 49.6 Å². The second-order valence-electron chi connectivity index (χ2n) is 8.99. The van der Waals surface area contributed by atoms with Crippen LogP contribution >= 0.6 is 0 Å². The van der Waals surface area contributed by atoms with E-state index in [1.165, 1.54) is 19.3 Å². The molecule has 4 aliphatic carbocycles. The van der Waals surface area contributed by atoms with Crippen molar-refractivity contribution in [2.75, 3.05) is 26.8 Å². The van der Waals surface area contributed by atoms with Crippen molar-refractivity contribution < 1.29 is 14.3 Å². The first-order chi connectivity index (χ1) is 12.1. The Hall–Kier alpha value is -1.10. The topological polar surface area (TPSA) is 58.6 Å². The molecule has 5 rings (SSSR count). The molecule has 0 radical (unpaired) electrons. The molecule has 1 saturated heterocycles. The van der Waals surface area contributed by atoms with Gasteiger partial charge in [-0.25, -0.2) is 0 Å². The maximum atomic E-state index is 13.5. The number of rotatable bonds is 6. The van der Waals surface area contributed by atoms with Crippen molar-refractivity contribution in [2.45, 2.75) is 63.8 Å². The lowest BCUT2D eigenvalue weighted by Gasteiger charge is -2.56. The molecule has 4 bridgehead atoms. The minimum absolute atomic E-state index is 0.0340. The summed E-state index contributed by atoms with van der Waals surface area (Å²) in [5, 5.41) is 3.01. The maximum absolute atomic E-state index is 13.5. The fourth-order valence-electron chi connectivity index (χ4n) is 6.51. The van der Waals surface area contributed by atoms with Crippen LogP contribution in [-0.2, 0) is 14.3 Å². The molecule has 1 atom stereocenters. The zero-order valence-electron chi connectivity index (χ0n) is 15.5. The quantitative estimate of drug-likeness (QED) is 0.750. The van der Waals surface area contributed by atoms with Gasteiger partial charge < -0.3 is 15.0 Å². The number of likely N-dealkylation sites (tertiary alicyclic amines) is 1. The number of hydrogen-bond acceptors (Lipinski definition) is 3. The lowest BCUT2D eigenvalue weighted by molar-refractivity contribution is -0.160. The number of nitrogens with one attached hydrogen (secondary N) is 1. The Labute approximate surface area is 150 Å². The molecule has 5 nitrogen and oxygen atoms in total. The predicted octanol–water partition coefficient (Wildman–Crippen LogP) is 2.35. The van der Waals surface area contributed by atoms with Gasteiger partial charge in [-0.15, -0.1) is 0 Å². The highest BCUT2D eigenvalue weighted by Crippen LogP contribution is 2.60. The first kappa shape index (κ1) is 17.3. The largest absolute Gasteiger partial charge is 0.385 e. The van der Waals surface area contributed by atoms with Crippen LogP contribution in [0, 0.1) is 23.2 Å². The summed E-state index contributed by atoms with van der Waals surface area (Å²) in [5.41, 5.74) is -0.131. The van der Waals surface area contributed by atoms with Crippen molar-refractivity contribution in [3.05, 3.63) is 0 Å². The van der Waals surface area contributed by atoms with Gasteiger partial charge in [-0.05, 0) is 75.5 Å². The van der Waals surface area contributed by atoms with E-state index in [4.69, 9.17) is 4.74 Å². The molecule has 0 aromatic rings. The maximum Gasteiger partial charge on any atom is 0.242 e. The number of ether oxygens (including phenoxy) is 1. The standard InChI is InChI=1S/C20H32N2O3/c1-25-7-3-5-21-18(23)17-4-2-6-22(17)19(24)20-11-14-8-15(12-20)10-16(9-14)13-20/h14-17H,2-13H2,1H3,(H,21,23). The molecule has 0 aromatic carbocycles. The van der Waals surface area contributed by atoms with Crippen molar-refractivity contribution in [3.63, 3.8) is 0 Å². The van der Waals surface area contributed by atoms with Gasteiger partial charge in [0.25, 0.3) is 0 Å². The molecule has 1 heterocycles. The van der Waals surface area contributed by atoms with Gasteiger partial charge >= 0.3 is 0 Å². The lowest BCUT2D eigenvalue weighted by atomic mass is 9.49. The average Bonchev–Trinajstić information content (AvgIpc) is 3.06. The monoisotopic (exact) mass is 348 g/mol. The van der Waals surface area contributed by atoms with Crippen LogP contribution in [0.15, 0.2) is 0 Å². The van der Waals surface area contributed by atoms with Crippen LogP contribution in [0.1, 0.15) is 57.8 Å². The van der Waals surface area contributed by atoms with Crippen molar-refractivity contribution >= 4 is 11.8 Å². The SMILES string of the molecule is COCCCNC(=O)C1CCCN1C(=O)C12CC3CC(CC(C3)C1)C2. The zero-order chi connectivity index (χ0) is 17.4. The predicted molar refractivity (Wildman–Crippen MR) is 94.8 cm³/mol. The molecule has 5 aliphatic rings. The number of carbonyl (C=O) groups is 2. The smallest absolute Gasteiger partial charge is 0.242 e. The van der Waals surface area contributed by atoms with E-state index in [0.29, 0.717) is 19.1 Å². The van der Waals surface area contributed by atoms with Crippen LogP contribution in [0.2, 0.25) is 0 Å². The molecule has 1 unspecified atom stereocenters. The molecule has 1 aliphatic heterocycles. The van der Waals surface area contributed by atoms with Crippen LogP contribution < -0.4 is 5.32 Å². The van der Waals surface area contributed by atoms with E-state index in [9.17, 15) is 9.59 Å². The number of carbonyl (C=O) groups excluding carboxylic acids is 2. The van der Waals surface area contributed by atoms with Gasteiger partial charge in [-0.1, -0.05) is 0 Å². The average molecular weight is 348 g/mol. The molecular formula is C20H32N2O3. The summed E-state index contributed by atoms with van der Waals surface area (Å²) in [6, 6.07) is -0.247. The Balaban J connectivity index is 1.42. The third kappa shape index (κ3) is 3.20. The van der Waals surface area contributed by atoms with E-state index >= 15 is 0 Å². The molecule has 2 amide bonds. The Kier molecular flexibility index (Phi) is 4.78. The third-order valence-electron chi connectivity index (χ3n) is 7.13. The molecule has 25 heavy (non-hydrogen) atoms. The van der Waals surface area contributed by atoms with Crippen LogP contribution in [0.4, 0.5) is 0 Å². The molecule has 1 N–H and O–H groups in total. The Morgan fingerprint density at radius 3 is 2.36 bits per heavy atom. The van der Waals surface area contributed by atoms with E-state index in [0.717, 1.165) is 62.8 Å². The van der Waals surface area contributed by atoms with Gasteiger partial charge in [0.05, 0.1) is 5.41 Å². The zero-order valence-corrected chi connectivity index (χ0v) is 15.5. The van der Waals surface area contributed by atoms with E-state index in [2.05, 4.69) is 5.32 Å². The van der Waals surface area contributed by atoms with Crippen molar-refractivity contribution in [1.29, 1.82) is 0 Å². The summed E-state index contributed by atoms with van der Waals surface area (Å²) < 4.78 is 5.03. The summed E-state index contributed by atoms with van der Waals surface area (Å²) in [5.74, 6) is 2.63. The minimum Gasteiger partial charge on any atom is -0.385 e. The fraction of sp³-hybridized carbons (Fsp3) is 0.900. The van der Waals surface area contributed by atoms with Gasteiger partial charge in [0.2, 0.25) is 11.8 Å². The van der Waals surface area contributed by atoms with E-state index < -0.39 is 0 Å². The van der Waals surface area contributed by atoms with E-state index in [1.54, 1.807) is 7.11 Å². The Morgan fingerprint density at radius 1 is 1.12 bits per heavy atom. The highest BCUT2D eigenvalue weighted by molar-refractivity contribution is 5.91. The summed E-state index contributed by atoms with van der Waals surface area (Å²) in [4.78, 5) is 28.1. The van der Waals surface area contributed by atoms with Crippen LogP contribution in [0.25, 0.3) is 0 Å². The van der Waals surface area contributed by atoms with Crippen molar-refractivity contribution in [1.82, 2.24) is 10.2 Å². The third-order valence-corrected chi connectivity index (χ3v) is 7.13. The molecule has 5 fully saturated rings. The summed E-state index contributed by atoms with van der Waals surface area (Å²) in [6.45, 7) is 2.04. The van der Waals surface area contributed by atoms with E-state index in [1.807, 2.05) is 4.90 Å². The number of hydrogen-bond donors (Lipinski definition) is 1. The van der Waals surface area contributed by atoms with Crippen molar-refractivity contribution in [3.8, 4) is 0 Å². The highest BCUT2D eigenvalue weighted by atomic mass is 16.5. The minimum atomic E-state index is -0.247. The number of methoxy groups -OCH3 is 1. The number of amides is 2. The first-order valence-corrected chi connectivity index (χ1v) is 10.2. The lowest BCUT2D eigenvalue weighted by Crippen LogP contribution is -2.57. The van der Waals surface area contributed by atoms with Crippen LogP contribution in [0.3, 0.4) is 0 Å². The van der Waals surface area contributed by atoms with Crippen molar-refractivity contribution in [2.24, 2.45) is 23.2 Å². The van der Waals surface area contributed by atoms with Gasteiger partial charge in [-0.3, -0.25) is 9.59 Å². The Bertz CT molecular complexity index is 498. The summed E-state index contributed by atoms with van der Waals surface area (Å²) >= 11 is 0. The molecule has 4 saturated carbocycles. The molecule has 0 aromatic heterocycles. The van der Waals surface area contributed by atoms with Gasteiger partial charge in [0.1, 0.15) is 6.04 Å². The van der Waals surface area contributed by atoms with Gasteiger partial charge in [-0.2, -0.15) is 0 Å². The van der Waals surface area contributed by atoms with Gasteiger partial charge in [0.15, 0.2) is 0 Å². The fourth-order valence-corrected chi connectivity index (χ4v) is 6.51. The van der Waals surface area contributed by atoms with Crippen LogP contribution in [0.5, 0.6) is 0 Å². The van der Waals surface area contributed by atoms with E-state index in [-0.39, 0.29) is 17.4 Å². The second kappa shape index (κ2) is 6.90.